The summed E-state index contributed by atoms with van der Waals surface area (Å²) in [5.74, 6) is -2.78. The van der Waals surface area contributed by atoms with Crippen molar-refractivity contribution in [2.45, 2.75) is 70.0 Å². The van der Waals surface area contributed by atoms with Crippen molar-refractivity contribution in [3.8, 4) is 0 Å². The fraction of sp³-hybridized carbons (Fsp3) is 0.579. The van der Waals surface area contributed by atoms with Crippen LogP contribution in [-0.4, -0.2) is 54.1 Å². The Hall–Kier alpha value is -2.04. The van der Waals surface area contributed by atoms with Crippen LogP contribution in [0.5, 0.6) is 0 Å². The van der Waals surface area contributed by atoms with Gasteiger partial charge in [0.2, 0.25) is 0 Å². The van der Waals surface area contributed by atoms with E-state index in [1.54, 1.807) is 58.0 Å². The van der Waals surface area contributed by atoms with Crippen LogP contribution in [0.4, 0.5) is 0 Å². The summed E-state index contributed by atoms with van der Waals surface area (Å²) in [4.78, 5) is 24.9. The molecule has 5 atom stereocenters. The molecule has 9 heteroatoms. The molecular weight excluding hydrogens is 368 g/mol. The number of nitrogens with one attached hydrogen (secondary N) is 2. The maximum absolute atomic E-state index is 12.8. The quantitative estimate of drug-likeness (QED) is 0.719. The monoisotopic (exact) mass is 392 g/mol. The van der Waals surface area contributed by atoms with Gasteiger partial charge in [0, 0.05) is 5.56 Å². The van der Waals surface area contributed by atoms with Gasteiger partial charge in [0.15, 0.2) is 24.0 Å². The molecule has 3 aliphatic heterocycles. The van der Waals surface area contributed by atoms with Gasteiger partial charge < -0.3 is 23.7 Å². The molecule has 3 aliphatic rings. The van der Waals surface area contributed by atoms with Gasteiger partial charge in [0.05, 0.1) is 0 Å². The standard InChI is InChI=1S/C19H24N2O7/c1-18(2)25-11-12(26-18)14-17(28-19(3,4)27-14)24-13(11)16(23)21-20-15(22)10-8-6-5-7-9-10/h5-9,11-14,17H,1-4H3,(H,20,22)(H,21,23). The third-order valence-electron chi connectivity index (χ3n) is 4.75. The van der Waals surface area contributed by atoms with Crippen molar-refractivity contribution in [2.24, 2.45) is 0 Å². The Morgan fingerprint density at radius 3 is 2.14 bits per heavy atom. The molecule has 2 amide bonds. The smallest absolute Gasteiger partial charge is 0.270 e. The number of rotatable bonds is 2. The zero-order valence-electron chi connectivity index (χ0n) is 16.1. The first kappa shape index (κ1) is 19.3. The minimum Gasteiger partial charge on any atom is -0.342 e. The Balaban J connectivity index is 1.47. The lowest BCUT2D eigenvalue weighted by Gasteiger charge is -2.36. The third kappa shape index (κ3) is 3.63. The van der Waals surface area contributed by atoms with Crippen molar-refractivity contribution in [1.29, 1.82) is 0 Å². The number of carbonyl (C=O) groups is 2. The first-order valence-corrected chi connectivity index (χ1v) is 9.17. The van der Waals surface area contributed by atoms with Gasteiger partial charge in [-0.3, -0.25) is 20.4 Å². The van der Waals surface area contributed by atoms with Crippen LogP contribution in [0.2, 0.25) is 0 Å². The van der Waals surface area contributed by atoms with Crippen LogP contribution in [0.3, 0.4) is 0 Å². The predicted molar refractivity (Wildman–Crippen MR) is 94.6 cm³/mol. The Morgan fingerprint density at radius 2 is 1.43 bits per heavy atom. The van der Waals surface area contributed by atoms with Crippen LogP contribution in [-0.2, 0) is 28.5 Å². The number of hydrogen-bond acceptors (Lipinski definition) is 7. The summed E-state index contributed by atoms with van der Waals surface area (Å²) in [5.41, 5.74) is 5.20. The molecule has 1 aromatic rings. The molecule has 4 rings (SSSR count). The fourth-order valence-electron chi connectivity index (χ4n) is 3.67. The SMILES string of the molecule is CC1(C)OC2OC(C(=O)NNC(=O)c3ccccc3)C3OC(C)(C)OC3C2O1. The summed E-state index contributed by atoms with van der Waals surface area (Å²) < 4.78 is 29.3. The van der Waals surface area contributed by atoms with Crippen LogP contribution in [0.15, 0.2) is 30.3 Å². The summed E-state index contributed by atoms with van der Waals surface area (Å²) in [5, 5.41) is 0. The van der Waals surface area contributed by atoms with Gasteiger partial charge in [0.1, 0.15) is 18.3 Å². The molecule has 9 nitrogen and oxygen atoms in total. The molecule has 3 saturated heterocycles. The Bertz CT molecular complexity index is 767. The largest absolute Gasteiger partial charge is 0.342 e. The molecule has 2 N–H and O–H groups in total. The lowest BCUT2D eigenvalue weighted by molar-refractivity contribution is -0.231. The number of fused-ring (bicyclic) bond motifs is 3. The van der Waals surface area contributed by atoms with Crippen molar-refractivity contribution >= 4 is 11.8 Å². The minimum atomic E-state index is -1.04. The van der Waals surface area contributed by atoms with Crippen molar-refractivity contribution in [3.05, 3.63) is 35.9 Å². The van der Waals surface area contributed by atoms with E-state index in [1.165, 1.54) is 0 Å². The molecule has 152 valence electrons. The number of hydrazine groups is 1. The number of amides is 2. The second-order valence-electron chi connectivity index (χ2n) is 7.90. The van der Waals surface area contributed by atoms with Crippen molar-refractivity contribution in [1.82, 2.24) is 10.9 Å². The number of carbonyl (C=O) groups excluding carboxylic acids is 2. The molecule has 5 unspecified atom stereocenters. The van der Waals surface area contributed by atoms with Gasteiger partial charge in [-0.1, -0.05) is 18.2 Å². The number of hydrogen-bond donors (Lipinski definition) is 2. The van der Waals surface area contributed by atoms with Crippen LogP contribution >= 0.6 is 0 Å². The average Bonchev–Trinajstić information content (AvgIpc) is 3.13. The summed E-state index contributed by atoms with van der Waals surface area (Å²) in [6.07, 6.45) is -3.60. The van der Waals surface area contributed by atoms with E-state index in [-0.39, 0.29) is 0 Å². The van der Waals surface area contributed by atoms with Gasteiger partial charge in [-0.2, -0.15) is 0 Å². The zero-order valence-corrected chi connectivity index (χ0v) is 16.1. The molecule has 0 radical (unpaired) electrons. The van der Waals surface area contributed by atoms with E-state index in [0.29, 0.717) is 5.56 Å². The highest BCUT2D eigenvalue weighted by molar-refractivity contribution is 5.95. The fourth-order valence-corrected chi connectivity index (χ4v) is 3.67. The minimum absolute atomic E-state index is 0.418. The summed E-state index contributed by atoms with van der Waals surface area (Å²) in [6.45, 7) is 7.04. The van der Waals surface area contributed by atoms with Gasteiger partial charge in [-0.15, -0.1) is 0 Å². The molecule has 0 bridgehead atoms. The number of ether oxygens (including phenoxy) is 5. The highest BCUT2D eigenvalue weighted by Crippen LogP contribution is 2.44. The van der Waals surface area contributed by atoms with E-state index >= 15 is 0 Å². The highest BCUT2D eigenvalue weighted by Gasteiger charge is 2.62. The zero-order chi connectivity index (χ0) is 20.1. The lowest BCUT2D eigenvalue weighted by Crippen LogP contribution is -2.61. The first-order chi connectivity index (χ1) is 13.2. The molecule has 0 spiro atoms. The van der Waals surface area contributed by atoms with Crippen molar-refractivity contribution in [2.75, 3.05) is 0 Å². The average molecular weight is 392 g/mol. The molecule has 28 heavy (non-hydrogen) atoms. The van der Waals surface area contributed by atoms with Crippen LogP contribution in [0.25, 0.3) is 0 Å². The van der Waals surface area contributed by atoms with Gasteiger partial charge >= 0.3 is 0 Å². The summed E-state index contributed by atoms with van der Waals surface area (Å²) >= 11 is 0. The Morgan fingerprint density at radius 1 is 0.821 bits per heavy atom. The highest BCUT2D eigenvalue weighted by atomic mass is 16.9. The normalized spacial score (nSPS) is 34.9. The second kappa shape index (κ2) is 6.78. The van der Waals surface area contributed by atoms with Crippen LogP contribution in [0.1, 0.15) is 38.1 Å². The maximum Gasteiger partial charge on any atom is 0.270 e. The first-order valence-electron chi connectivity index (χ1n) is 9.17. The molecule has 0 saturated carbocycles. The van der Waals surface area contributed by atoms with Crippen molar-refractivity contribution in [3.63, 3.8) is 0 Å². The van der Waals surface area contributed by atoms with Crippen LogP contribution in [0, 0.1) is 0 Å². The molecule has 1 aromatic carbocycles. The molecular formula is C19H24N2O7. The van der Waals surface area contributed by atoms with E-state index in [2.05, 4.69) is 10.9 Å². The lowest BCUT2D eigenvalue weighted by atomic mass is 9.98. The van der Waals surface area contributed by atoms with Crippen LogP contribution < -0.4 is 10.9 Å². The van der Waals surface area contributed by atoms with E-state index < -0.39 is 54.1 Å². The maximum atomic E-state index is 12.8. The Labute approximate surface area is 162 Å². The second-order valence-corrected chi connectivity index (χ2v) is 7.90. The molecule has 3 heterocycles. The molecule has 0 aromatic heterocycles. The van der Waals surface area contributed by atoms with Crippen molar-refractivity contribution < 1.29 is 33.3 Å². The molecule has 0 aliphatic carbocycles. The third-order valence-corrected chi connectivity index (χ3v) is 4.75. The topological polar surface area (TPSA) is 104 Å². The van der Waals surface area contributed by atoms with Gasteiger partial charge in [-0.25, -0.2) is 0 Å². The van der Waals surface area contributed by atoms with E-state index in [1.807, 2.05) is 0 Å². The van der Waals surface area contributed by atoms with E-state index in [0.717, 1.165) is 0 Å². The van der Waals surface area contributed by atoms with Gasteiger partial charge in [-0.05, 0) is 39.8 Å². The number of benzene rings is 1. The van der Waals surface area contributed by atoms with E-state index in [9.17, 15) is 9.59 Å². The van der Waals surface area contributed by atoms with E-state index in [4.69, 9.17) is 23.7 Å². The van der Waals surface area contributed by atoms with Gasteiger partial charge in [0.25, 0.3) is 11.8 Å². The predicted octanol–water partition coefficient (Wildman–Crippen LogP) is 0.844. The summed E-state index contributed by atoms with van der Waals surface area (Å²) in [7, 11) is 0. The molecule has 3 fully saturated rings. The summed E-state index contributed by atoms with van der Waals surface area (Å²) in [6, 6.07) is 8.54. The Kier molecular flexibility index (Phi) is 4.67.